The van der Waals surface area contributed by atoms with E-state index < -0.39 is 171 Å². The highest BCUT2D eigenvalue weighted by Crippen LogP contribution is 2.34. The van der Waals surface area contributed by atoms with Crippen molar-refractivity contribution in [3.63, 3.8) is 0 Å². The molecule has 2 aliphatic carbocycles. The highest BCUT2D eigenvalue weighted by Gasteiger charge is 2.52. The van der Waals surface area contributed by atoms with E-state index in [1.807, 2.05) is 0 Å². The van der Waals surface area contributed by atoms with Gasteiger partial charge in [-0.05, 0) is 25.7 Å². The first-order chi connectivity index (χ1) is 36.2. The van der Waals surface area contributed by atoms with Crippen LogP contribution in [0.1, 0.15) is 25.7 Å². The molecule has 446 valence electrons. The molecule has 0 spiro atoms. The van der Waals surface area contributed by atoms with Gasteiger partial charge in [0.15, 0.2) is 25.2 Å². The Morgan fingerprint density at radius 1 is 0.368 bits per heavy atom. The fraction of sp³-hybridized carbons (Fsp3) is 1.00. The molecule has 4 saturated heterocycles. The lowest BCUT2D eigenvalue weighted by Gasteiger charge is -2.48. The molecule has 4 heterocycles. The lowest BCUT2D eigenvalue weighted by Crippen LogP contribution is -2.68. The molecule has 6 rings (SSSR count). The molecule has 0 aromatic carbocycles. The maximum Gasteiger partial charge on any atom is 0.186 e. The predicted molar refractivity (Wildman–Crippen MR) is 284 cm³/mol. The van der Waals surface area contributed by atoms with E-state index in [1.54, 1.807) is 21.6 Å². The highest BCUT2D eigenvalue weighted by molar-refractivity contribution is 8.76. The van der Waals surface area contributed by atoms with Crippen molar-refractivity contribution in [3.8, 4) is 0 Å². The topological polar surface area (TPSA) is 514 Å². The first kappa shape index (κ1) is 65.4. The summed E-state index contributed by atoms with van der Waals surface area (Å²) in [6.45, 7) is 1.99. The summed E-state index contributed by atoms with van der Waals surface area (Å²) in [5, 5.41) is 86.8. The fourth-order valence-electron chi connectivity index (χ4n) is 9.97. The maximum atomic E-state index is 11.4. The largest absolute Gasteiger partial charge is 0.390 e. The van der Waals surface area contributed by atoms with Crippen molar-refractivity contribution in [1.29, 1.82) is 0 Å². The van der Waals surface area contributed by atoms with E-state index in [4.69, 9.17) is 105 Å². The first-order valence-electron chi connectivity index (χ1n) is 25.9. The standard InChI is InChI=1S/C44H88N10O18S4/c45-13-25-23(55)11-21(51)41(65-25)69-37-17(47)9-19(49)39(35(37)61)71-43-33(59)29(53)31(57)27(67-43)15-73-5-1-63-3-7-75-76-8-4-64-2-6-74-16-28-32(58)30(54)34(60)44(68-28)72-40-20(50)10-18(48)38(36(40)62)70-42-22(52)12-24(56)26(14-46)66-42/h17-44,55-62H,1-16,45-54H2/t17-,18-,19+,20?,21?,22?,23-,24-,25?,26?,27?,28?,29-,30?,31+,32+,33?,34?,35?,36?,37?,38-,39-,40-,41+,42+,43+,44+/m0/s1. The average Bonchev–Trinajstić information content (AvgIpc) is 3.39. The van der Waals surface area contributed by atoms with Gasteiger partial charge in [0.05, 0.1) is 99.4 Å². The molecule has 28 nitrogen and oxygen atoms in total. The number of nitrogens with two attached hydrogens (primary N) is 10. The first-order valence-corrected chi connectivity index (χ1v) is 30.7. The second kappa shape index (κ2) is 31.8. The van der Waals surface area contributed by atoms with Crippen LogP contribution in [-0.4, -0.2) is 286 Å². The van der Waals surface area contributed by atoms with Crippen molar-refractivity contribution >= 4 is 45.1 Å². The van der Waals surface area contributed by atoms with Gasteiger partial charge in [0.25, 0.3) is 0 Å². The van der Waals surface area contributed by atoms with Gasteiger partial charge in [-0.3, -0.25) is 0 Å². The van der Waals surface area contributed by atoms with Gasteiger partial charge in [-0.2, -0.15) is 23.5 Å². The van der Waals surface area contributed by atoms with E-state index in [0.29, 0.717) is 49.4 Å². The van der Waals surface area contributed by atoms with Crippen LogP contribution in [0.2, 0.25) is 0 Å². The molecule has 28 atom stereocenters. The van der Waals surface area contributed by atoms with Gasteiger partial charge in [0.2, 0.25) is 0 Å². The smallest absolute Gasteiger partial charge is 0.186 e. The molecule has 4 aliphatic heterocycles. The van der Waals surface area contributed by atoms with E-state index in [1.165, 1.54) is 23.5 Å². The third-order valence-corrected chi connectivity index (χ3v) is 18.9. The van der Waals surface area contributed by atoms with Gasteiger partial charge >= 0.3 is 0 Å². The minimum Gasteiger partial charge on any atom is -0.390 e. The molecule has 6 fully saturated rings. The van der Waals surface area contributed by atoms with Crippen LogP contribution in [0.3, 0.4) is 0 Å². The highest BCUT2D eigenvalue weighted by atomic mass is 33.1. The Kier molecular flexibility index (Phi) is 27.4. The number of thioether (sulfide) groups is 2. The molecular formula is C44H88N10O18S4. The molecule has 0 radical (unpaired) electrons. The lowest BCUT2D eigenvalue weighted by atomic mass is 9.84. The summed E-state index contributed by atoms with van der Waals surface area (Å²) in [5.41, 5.74) is 61.7. The van der Waals surface area contributed by atoms with Crippen LogP contribution in [-0.2, 0) is 47.4 Å². The molecule has 0 amide bonds. The van der Waals surface area contributed by atoms with E-state index >= 15 is 0 Å². The quantitative estimate of drug-likeness (QED) is 0.0268. The third kappa shape index (κ3) is 17.4. The van der Waals surface area contributed by atoms with Gasteiger partial charge < -0.3 is 146 Å². The Bertz CT molecular complexity index is 1560. The Morgan fingerprint density at radius 2 is 0.684 bits per heavy atom. The molecule has 13 unspecified atom stereocenters. The minimum absolute atomic E-state index is 0.0334. The van der Waals surface area contributed by atoms with Crippen LogP contribution in [0.25, 0.3) is 0 Å². The molecule has 76 heavy (non-hydrogen) atoms. The van der Waals surface area contributed by atoms with Crippen LogP contribution in [0.5, 0.6) is 0 Å². The van der Waals surface area contributed by atoms with Gasteiger partial charge in [-0.25, -0.2) is 0 Å². The zero-order valence-corrected chi connectivity index (χ0v) is 45.8. The monoisotopic (exact) mass is 1170 g/mol. The third-order valence-electron chi connectivity index (χ3n) is 14.5. The summed E-state index contributed by atoms with van der Waals surface area (Å²) < 4.78 is 59.4. The summed E-state index contributed by atoms with van der Waals surface area (Å²) in [5.74, 6) is 3.30. The van der Waals surface area contributed by atoms with Crippen molar-refractivity contribution < 1.29 is 88.2 Å². The van der Waals surface area contributed by atoms with Crippen LogP contribution in [0.4, 0.5) is 0 Å². The Labute approximate surface area is 459 Å². The van der Waals surface area contributed by atoms with Crippen molar-refractivity contribution in [3.05, 3.63) is 0 Å². The zero-order chi connectivity index (χ0) is 55.4. The van der Waals surface area contributed by atoms with E-state index in [2.05, 4.69) is 0 Å². The zero-order valence-electron chi connectivity index (χ0n) is 42.5. The average molecular weight is 1170 g/mol. The summed E-state index contributed by atoms with van der Waals surface area (Å²) in [7, 11) is 3.31. The molecule has 2 saturated carbocycles. The van der Waals surface area contributed by atoms with Crippen LogP contribution in [0, 0.1) is 0 Å². The molecule has 0 aromatic rings. The SMILES string of the molecule is NCC1O[C@H](O[C@@H]2C(O)[C@@H](O[C@H]3OC(CSCCOCCSSCCOCCSCC4O[C@H](O[C@@H]5C(O)C(O[C@H]6OC(CN)[C@@H](O)CC6N)[C@@H](N)C[C@H]5N)C(O)[C@@H](N)[C@@H]4O)[C@@H](O)C(N)C3O)C(N)C[C@@H]2N)C(N)C[C@@H]1O. The van der Waals surface area contributed by atoms with E-state index in [-0.39, 0.29) is 38.8 Å². The van der Waals surface area contributed by atoms with Gasteiger partial charge in [-0.15, -0.1) is 0 Å². The number of ether oxygens (including phenoxy) is 10. The number of hydrogen-bond donors (Lipinski definition) is 18. The fourth-order valence-corrected chi connectivity index (χ4v) is 13.5. The number of aliphatic hydroxyl groups is 8. The number of hydrogen-bond acceptors (Lipinski definition) is 32. The minimum atomic E-state index is -1.44. The Morgan fingerprint density at radius 3 is 1.03 bits per heavy atom. The van der Waals surface area contributed by atoms with Crippen LogP contribution in [0.15, 0.2) is 0 Å². The van der Waals surface area contributed by atoms with Crippen molar-refractivity contribution in [2.75, 3.05) is 74.0 Å². The maximum absolute atomic E-state index is 11.4. The lowest BCUT2D eigenvalue weighted by molar-refractivity contribution is -0.309. The summed E-state index contributed by atoms with van der Waals surface area (Å²) >= 11 is 2.94. The summed E-state index contributed by atoms with van der Waals surface area (Å²) in [4.78, 5) is 0. The molecule has 0 bridgehead atoms. The van der Waals surface area contributed by atoms with E-state index in [9.17, 15) is 40.9 Å². The van der Waals surface area contributed by atoms with Crippen LogP contribution < -0.4 is 57.3 Å². The van der Waals surface area contributed by atoms with Gasteiger partial charge in [-0.1, -0.05) is 21.6 Å². The molecule has 28 N–H and O–H groups in total. The van der Waals surface area contributed by atoms with Crippen molar-refractivity contribution in [2.45, 2.75) is 197 Å². The normalized spacial score (nSPS) is 46.5. The Hall–Kier alpha value is 0.280. The predicted octanol–water partition coefficient (Wildman–Crippen LogP) is -8.68. The van der Waals surface area contributed by atoms with Crippen LogP contribution >= 0.6 is 45.1 Å². The van der Waals surface area contributed by atoms with Crippen molar-refractivity contribution in [2.24, 2.45) is 57.3 Å². The van der Waals surface area contributed by atoms with Gasteiger partial charge in [0.1, 0.15) is 48.8 Å². The molecule has 32 heteroatoms. The second-order valence-corrected chi connectivity index (χ2v) is 25.2. The molecule has 0 aromatic heterocycles. The number of rotatable bonds is 27. The molecular weight excluding hydrogens is 1080 g/mol. The molecule has 6 aliphatic rings. The number of aliphatic hydroxyl groups excluding tert-OH is 8. The summed E-state index contributed by atoms with van der Waals surface area (Å²) in [6.07, 6.45) is -21.1. The summed E-state index contributed by atoms with van der Waals surface area (Å²) in [6, 6.07) is -6.63. The van der Waals surface area contributed by atoms with Gasteiger partial charge in [0, 0.05) is 71.8 Å². The second-order valence-electron chi connectivity index (χ2n) is 20.2. The van der Waals surface area contributed by atoms with Crippen molar-refractivity contribution in [1.82, 2.24) is 0 Å². The Balaban J connectivity index is 0.803. The van der Waals surface area contributed by atoms with E-state index in [0.717, 1.165) is 11.5 Å².